The van der Waals surface area contributed by atoms with Gasteiger partial charge in [0.05, 0.1) is 0 Å². The van der Waals surface area contributed by atoms with Gasteiger partial charge in [0.1, 0.15) is 18.1 Å². The van der Waals surface area contributed by atoms with Crippen LogP contribution in [-0.2, 0) is 25.6 Å². The minimum atomic E-state index is -2.99. The fraction of sp³-hybridized carbons (Fsp3) is 0.500. The third kappa shape index (κ3) is 6.23. The molecule has 0 aromatic heterocycles. The number of amides is 2. The molecule has 1 aromatic rings. The monoisotopic (exact) mass is 425 g/mol. The van der Waals surface area contributed by atoms with Gasteiger partial charge in [-0.05, 0) is 24.0 Å². The van der Waals surface area contributed by atoms with Gasteiger partial charge in [0, 0.05) is 18.5 Å². The molecular weight excluding hydrogens is 400 g/mol. The fourth-order valence-electron chi connectivity index (χ4n) is 3.26. The first-order chi connectivity index (χ1) is 14.1. The Hall–Kier alpha value is -3.04. The zero-order valence-corrected chi connectivity index (χ0v) is 16.7. The molecule has 3 atom stereocenters. The third-order valence-corrected chi connectivity index (χ3v) is 4.69. The van der Waals surface area contributed by atoms with Crippen LogP contribution in [0.15, 0.2) is 24.3 Å². The molecule has 30 heavy (non-hydrogen) atoms. The number of anilines is 1. The Kier molecular flexibility index (Phi) is 7.85. The van der Waals surface area contributed by atoms with Crippen LogP contribution in [0.4, 0.5) is 14.5 Å². The van der Waals surface area contributed by atoms with E-state index in [4.69, 9.17) is 5.11 Å². The lowest BCUT2D eigenvalue weighted by molar-refractivity contribution is -0.151. The van der Waals surface area contributed by atoms with Gasteiger partial charge < -0.3 is 21.1 Å². The number of Topliss-reactive ketones (excluding diaryl/α,β-unsaturated/α-hetero) is 1. The molecule has 10 heteroatoms. The van der Waals surface area contributed by atoms with E-state index < -0.39 is 54.5 Å². The van der Waals surface area contributed by atoms with Crippen molar-refractivity contribution in [1.29, 1.82) is 0 Å². The fourth-order valence-corrected chi connectivity index (χ4v) is 3.26. The van der Waals surface area contributed by atoms with Crippen molar-refractivity contribution in [2.24, 2.45) is 5.92 Å². The second-order valence-electron chi connectivity index (χ2n) is 7.61. The van der Waals surface area contributed by atoms with E-state index in [9.17, 15) is 28.0 Å². The Morgan fingerprint density at radius 2 is 1.77 bits per heavy atom. The highest BCUT2D eigenvalue weighted by atomic mass is 19.3. The molecule has 0 saturated heterocycles. The van der Waals surface area contributed by atoms with Crippen LogP contribution in [0.2, 0.25) is 0 Å². The highest BCUT2D eigenvalue weighted by Gasteiger charge is 2.34. The van der Waals surface area contributed by atoms with Crippen molar-refractivity contribution >= 4 is 29.3 Å². The van der Waals surface area contributed by atoms with E-state index in [1.807, 2.05) is 24.3 Å². The largest absolute Gasteiger partial charge is 0.475 e. The number of rotatable bonds is 10. The first-order valence-corrected chi connectivity index (χ1v) is 9.59. The number of halogens is 2. The number of ketones is 1. The van der Waals surface area contributed by atoms with Gasteiger partial charge in [-0.2, -0.15) is 0 Å². The number of carbonyl (C=O) groups excluding carboxylic acids is 3. The summed E-state index contributed by atoms with van der Waals surface area (Å²) in [5.74, 6) is -4.84. The molecule has 8 nitrogen and oxygen atoms in total. The molecule has 164 valence electrons. The van der Waals surface area contributed by atoms with Crippen molar-refractivity contribution in [1.82, 2.24) is 10.6 Å². The number of fused-ring (bicyclic) bond motifs is 1. The van der Waals surface area contributed by atoms with Crippen molar-refractivity contribution in [3.8, 4) is 0 Å². The molecule has 0 radical (unpaired) electrons. The number of carbonyl (C=O) groups is 4. The number of aliphatic carboxylic acids is 1. The quantitative estimate of drug-likeness (QED) is 0.420. The smallest absolute Gasteiger partial charge is 0.374 e. The molecule has 0 saturated carbocycles. The number of carboxylic acid groups (broad SMARTS) is 1. The van der Waals surface area contributed by atoms with Gasteiger partial charge in [-0.3, -0.25) is 14.4 Å². The van der Waals surface area contributed by atoms with Crippen LogP contribution in [0, 0.1) is 5.92 Å². The number of alkyl halides is 2. The second kappa shape index (κ2) is 10.1. The first kappa shape index (κ1) is 23.2. The topological polar surface area (TPSA) is 125 Å². The van der Waals surface area contributed by atoms with Crippen molar-refractivity contribution < 1.29 is 33.1 Å². The molecule has 2 unspecified atom stereocenters. The van der Waals surface area contributed by atoms with E-state index in [1.165, 1.54) is 0 Å². The minimum Gasteiger partial charge on any atom is -0.475 e. The van der Waals surface area contributed by atoms with Gasteiger partial charge in [-0.15, -0.1) is 0 Å². The number of nitrogens with one attached hydrogen (secondary N) is 3. The maximum Gasteiger partial charge on any atom is 0.374 e. The predicted octanol–water partition coefficient (Wildman–Crippen LogP) is 1.35. The molecule has 2 rings (SSSR count). The molecular formula is C20H25F2N3O5. The van der Waals surface area contributed by atoms with E-state index >= 15 is 0 Å². The Bertz CT molecular complexity index is 790. The molecule has 2 amide bonds. The van der Waals surface area contributed by atoms with Crippen LogP contribution >= 0.6 is 0 Å². The van der Waals surface area contributed by atoms with Crippen LogP contribution in [-0.4, -0.2) is 53.2 Å². The molecule has 0 aliphatic carbocycles. The summed E-state index contributed by atoms with van der Waals surface area (Å²) in [6.45, 7) is 3.60. The maximum absolute atomic E-state index is 12.7. The number of para-hydroxylation sites is 1. The van der Waals surface area contributed by atoms with Gasteiger partial charge in [0.15, 0.2) is 0 Å². The number of hydrogen-bond acceptors (Lipinski definition) is 5. The molecule has 0 fully saturated rings. The first-order valence-electron chi connectivity index (χ1n) is 9.59. The summed E-state index contributed by atoms with van der Waals surface area (Å²) < 4.78 is 25.5. The van der Waals surface area contributed by atoms with Crippen LogP contribution < -0.4 is 16.0 Å². The molecule has 0 bridgehead atoms. The van der Waals surface area contributed by atoms with E-state index in [1.54, 1.807) is 13.8 Å². The Balaban J connectivity index is 2.08. The third-order valence-electron chi connectivity index (χ3n) is 4.69. The van der Waals surface area contributed by atoms with Crippen molar-refractivity contribution in [3.05, 3.63) is 29.8 Å². The minimum absolute atomic E-state index is 0.0430. The van der Waals surface area contributed by atoms with Crippen LogP contribution in [0.1, 0.15) is 32.3 Å². The lowest BCUT2D eigenvalue weighted by atomic mass is 10.0. The van der Waals surface area contributed by atoms with Crippen molar-refractivity contribution in [3.63, 3.8) is 0 Å². The Morgan fingerprint density at radius 3 is 2.33 bits per heavy atom. The SMILES string of the molecule is CC(C)C[C@H](NC(=O)C1Cc2ccccc2N1)C(=O)NC(CC(F)F)C(=O)C(=O)O. The molecule has 1 aliphatic heterocycles. The normalized spacial score (nSPS) is 17.1. The van der Waals surface area contributed by atoms with Gasteiger partial charge in [-0.1, -0.05) is 32.0 Å². The van der Waals surface area contributed by atoms with Gasteiger partial charge in [-0.25, -0.2) is 13.6 Å². The summed E-state index contributed by atoms with van der Waals surface area (Å²) >= 11 is 0. The summed E-state index contributed by atoms with van der Waals surface area (Å²) in [5, 5.41) is 16.5. The Morgan fingerprint density at radius 1 is 1.10 bits per heavy atom. The average molecular weight is 425 g/mol. The molecule has 1 aromatic carbocycles. The van der Waals surface area contributed by atoms with Gasteiger partial charge in [0.2, 0.25) is 18.2 Å². The van der Waals surface area contributed by atoms with Gasteiger partial charge >= 0.3 is 5.97 Å². The number of benzene rings is 1. The number of hydrogen-bond donors (Lipinski definition) is 4. The predicted molar refractivity (Wildman–Crippen MR) is 104 cm³/mol. The highest BCUT2D eigenvalue weighted by molar-refractivity contribution is 6.35. The summed E-state index contributed by atoms with van der Waals surface area (Å²) in [4.78, 5) is 47.9. The summed E-state index contributed by atoms with van der Waals surface area (Å²) in [7, 11) is 0. The molecule has 4 N–H and O–H groups in total. The Labute approximate surface area is 172 Å². The van der Waals surface area contributed by atoms with E-state index in [2.05, 4.69) is 16.0 Å². The van der Waals surface area contributed by atoms with E-state index in [0.717, 1.165) is 11.3 Å². The zero-order chi connectivity index (χ0) is 22.4. The summed E-state index contributed by atoms with van der Waals surface area (Å²) in [6.07, 6.45) is -3.51. The van der Waals surface area contributed by atoms with Gasteiger partial charge in [0.25, 0.3) is 5.78 Å². The number of carboxylic acids is 1. The summed E-state index contributed by atoms with van der Waals surface area (Å²) in [5.41, 5.74) is 1.76. The average Bonchev–Trinajstić information content (AvgIpc) is 3.09. The van der Waals surface area contributed by atoms with E-state index in [0.29, 0.717) is 6.42 Å². The molecule has 1 aliphatic rings. The highest BCUT2D eigenvalue weighted by Crippen LogP contribution is 2.25. The summed E-state index contributed by atoms with van der Waals surface area (Å²) in [6, 6.07) is 3.78. The van der Waals surface area contributed by atoms with Crippen molar-refractivity contribution in [2.45, 2.75) is 57.7 Å². The van der Waals surface area contributed by atoms with Crippen LogP contribution in [0.3, 0.4) is 0 Å². The standard InChI is InChI=1S/C20H25F2N3O5/c1-10(2)7-14(18(27)24-13(9-16(21)22)17(26)20(29)30)25-19(28)15-8-11-5-3-4-6-12(11)23-15/h3-6,10,13-16,23H,7-9H2,1-2H3,(H,24,27)(H,25,28)(H,29,30)/t13?,14-,15?/m0/s1. The van der Waals surface area contributed by atoms with Crippen LogP contribution in [0.5, 0.6) is 0 Å². The lowest BCUT2D eigenvalue weighted by Gasteiger charge is -2.24. The lowest BCUT2D eigenvalue weighted by Crippen LogP contribution is -2.55. The maximum atomic E-state index is 12.7. The zero-order valence-electron chi connectivity index (χ0n) is 16.7. The van der Waals surface area contributed by atoms with Crippen LogP contribution in [0.25, 0.3) is 0 Å². The molecule has 0 spiro atoms. The van der Waals surface area contributed by atoms with Crippen molar-refractivity contribution in [2.75, 3.05) is 5.32 Å². The second-order valence-corrected chi connectivity index (χ2v) is 7.61. The van der Waals surface area contributed by atoms with E-state index in [-0.39, 0.29) is 12.3 Å². The molecule has 1 heterocycles.